The number of nitrogens with zero attached hydrogens (tertiary/aromatic N) is 2. The quantitative estimate of drug-likeness (QED) is 0.571. The van der Waals surface area contributed by atoms with E-state index in [0.717, 1.165) is 23.1 Å². The normalized spacial score (nSPS) is 14.6. The largest absolute Gasteiger partial charge is 0.372 e. The maximum atomic E-state index is 12.4. The number of halogens is 1. The number of nitriles is 1. The molecule has 0 spiro atoms. The van der Waals surface area contributed by atoms with E-state index < -0.39 is 5.91 Å². The summed E-state index contributed by atoms with van der Waals surface area (Å²) in [4.78, 5) is 14.8. The summed E-state index contributed by atoms with van der Waals surface area (Å²) in [6.07, 6.45) is 5.38. The number of rotatable bonds is 4. The number of carbonyl (C=O) groups excluding carboxylic acids is 1. The van der Waals surface area contributed by atoms with Crippen LogP contribution in [0.1, 0.15) is 24.8 Å². The Balaban J connectivity index is 1.73. The van der Waals surface area contributed by atoms with E-state index in [2.05, 4.69) is 38.3 Å². The van der Waals surface area contributed by atoms with Crippen LogP contribution in [0.15, 0.2) is 58.6 Å². The number of benzene rings is 2. The SMILES string of the molecule is N#CC(=Cc1ccc(N2CCCCC2)cc1)C(=O)Nc1ccccc1Br. The van der Waals surface area contributed by atoms with Crippen molar-refractivity contribution in [2.24, 2.45) is 0 Å². The second-order valence-electron chi connectivity index (χ2n) is 6.24. The van der Waals surface area contributed by atoms with Crippen molar-refractivity contribution in [2.75, 3.05) is 23.3 Å². The number of hydrogen-bond donors (Lipinski definition) is 1. The molecule has 0 unspecified atom stereocenters. The fraction of sp³-hybridized carbons (Fsp3) is 0.238. The van der Waals surface area contributed by atoms with Crippen molar-refractivity contribution in [1.29, 1.82) is 5.26 Å². The van der Waals surface area contributed by atoms with Crippen molar-refractivity contribution in [3.63, 3.8) is 0 Å². The number of para-hydroxylation sites is 1. The summed E-state index contributed by atoms with van der Waals surface area (Å²) in [5.74, 6) is -0.417. The van der Waals surface area contributed by atoms with E-state index in [1.54, 1.807) is 12.1 Å². The van der Waals surface area contributed by atoms with Crippen molar-refractivity contribution in [1.82, 2.24) is 0 Å². The van der Waals surface area contributed by atoms with Gasteiger partial charge < -0.3 is 10.2 Å². The first-order valence-electron chi connectivity index (χ1n) is 8.70. The lowest BCUT2D eigenvalue weighted by molar-refractivity contribution is -0.112. The van der Waals surface area contributed by atoms with Crippen LogP contribution in [-0.2, 0) is 4.79 Å². The summed E-state index contributed by atoms with van der Waals surface area (Å²) in [7, 11) is 0. The van der Waals surface area contributed by atoms with Crippen LogP contribution in [0.25, 0.3) is 6.08 Å². The van der Waals surface area contributed by atoms with E-state index in [9.17, 15) is 10.1 Å². The molecule has 3 rings (SSSR count). The van der Waals surface area contributed by atoms with Crippen LogP contribution in [-0.4, -0.2) is 19.0 Å². The van der Waals surface area contributed by atoms with Crippen LogP contribution >= 0.6 is 15.9 Å². The highest BCUT2D eigenvalue weighted by molar-refractivity contribution is 9.10. The van der Waals surface area contributed by atoms with Crippen molar-refractivity contribution in [3.05, 3.63) is 64.1 Å². The Bertz CT molecular complexity index is 846. The van der Waals surface area contributed by atoms with Crippen LogP contribution in [0.5, 0.6) is 0 Å². The molecule has 0 radical (unpaired) electrons. The Hall–Kier alpha value is -2.58. The van der Waals surface area contributed by atoms with Gasteiger partial charge in [0, 0.05) is 23.2 Å². The van der Waals surface area contributed by atoms with Crippen LogP contribution in [0, 0.1) is 11.3 Å². The van der Waals surface area contributed by atoms with Gasteiger partial charge in [0.15, 0.2) is 0 Å². The molecule has 1 amide bonds. The molecule has 1 aliphatic rings. The van der Waals surface area contributed by atoms with Gasteiger partial charge in [0.05, 0.1) is 5.69 Å². The van der Waals surface area contributed by atoms with Gasteiger partial charge in [-0.25, -0.2) is 0 Å². The van der Waals surface area contributed by atoms with E-state index in [1.807, 2.05) is 36.4 Å². The molecular weight excluding hydrogens is 390 g/mol. The van der Waals surface area contributed by atoms with Crippen LogP contribution in [0.4, 0.5) is 11.4 Å². The smallest absolute Gasteiger partial charge is 0.266 e. The van der Waals surface area contributed by atoms with Gasteiger partial charge in [-0.3, -0.25) is 4.79 Å². The molecule has 26 heavy (non-hydrogen) atoms. The fourth-order valence-electron chi connectivity index (χ4n) is 3.00. The number of amides is 1. The van der Waals surface area contributed by atoms with Gasteiger partial charge >= 0.3 is 0 Å². The zero-order chi connectivity index (χ0) is 18.4. The Labute approximate surface area is 162 Å². The van der Waals surface area contributed by atoms with Crippen molar-refractivity contribution in [3.8, 4) is 6.07 Å². The highest BCUT2D eigenvalue weighted by Gasteiger charge is 2.12. The van der Waals surface area contributed by atoms with Crippen LogP contribution < -0.4 is 10.2 Å². The van der Waals surface area contributed by atoms with Crippen LogP contribution in [0.2, 0.25) is 0 Å². The third-order valence-corrected chi connectivity index (χ3v) is 5.10. The molecule has 4 nitrogen and oxygen atoms in total. The standard InChI is InChI=1S/C21H20BrN3O/c22-19-6-2-3-7-20(19)24-21(26)17(15-23)14-16-8-10-18(11-9-16)25-12-4-1-5-13-25/h2-3,6-11,14H,1,4-5,12-13H2,(H,24,26). The fourth-order valence-corrected chi connectivity index (χ4v) is 3.38. The second kappa shape index (κ2) is 8.68. The minimum absolute atomic E-state index is 0.0754. The summed E-state index contributed by atoms with van der Waals surface area (Å²) in [6, 6.07) is 17.3. The number of nitrogens with one attached hydrogen (secondary N) is 1. The molecule has 132 valence electrons. The molecule has 0 saturated carbocycles. The maximum Gasteiger partial charge on any atom is 0.266 e. The molecule has 1 saturated heterocycles. The number of piperidine rings is 1. The van der Waals surface area contributed by atoms with Gasteiger partial charge in [-0.15, -0.1) is 0 Å². The molecule has 1 fully saturated rings. The zero-order valence-electron chi connectivity index (χ0n) is 14.4. The number of carbonyl (C=O) groups is 1. The first-order chi connectivity index (χ1) is 12.7. The van der Waals surface area contributed by atoms with Crippen molar-refractivity contribution >= 4 is 39.3 Å². The molecule has 0 aliphatic carbocycles. The van der Waals surface area contributed by atoms with E-state index in [1.165, 1.54) is 24.9 Å². The number of anilines is 2. The highest BCUT2D eigenvalue weighted by Crippen LogP contribution is 2.23. The van der Waals surface area contributed by atoms with Gasteiger partial charge in [0.1, 0.15) is 11.6 Å². The average Bonchev–Trinajstić information content (AvgIpc) is 2.69. The van der Waals surface area contributed by atoms with Crippen molar-refractivity contribution in [2.45, 2.75) is 19.3 Å². The topological polar surface area (TPSA) is 56.1 Å². The predicted octanol–water partition coefficient (Wildman–Crippen LogP) is 4.99. The van der Waals surface area contributed by atoms with Gasteiger partial charge in [0.25, 0.3) is 5.91 Å². The Morgan fingerprint density at radius 3 is 2.42 bits per heavy atom. The number of hydrogen-bond acceptors (Lipinski definition) is 3. The zero-order valence-corrected chi connectivity index (χ0v) is 16.0. The maximum absolute atomic E-state index is 12.4. The molecule has 5 heteroatoms. The van der Waals surface area contributed by atoms with Gasteiger partial charge in [-0.2, -0.15) is 5.26 Å². The molecule has 0 bridgehead atoms. The Kier molecular flexibility index (Phi) is 6.08. The predicted molar refractivity (Wildman–Crippen MR) is 109 cm³/mol. The molecule has 1 heterocycles. The molecule has 1 N–H and O–H groups in total. The summed E-state index contributed by atoms with van der Waals surface area (Å²) in [5.41, 5.74) is 2.74. The molecule has 1 aliphatic heterocycles. The molecule has 0 atom stereocenters. The molecular formula is C21H20BrN3O. The third-order valence-electron chi connectivity index (χ3n) is 4.41. The average molecular weight is 410 g/mol. The minimum atomic E-state index is -0.417. The van der Waals surface area contributed by atoms with Crippen molar-refractivity contribution < 1.29 is 4.79 Å². The summed E-state index contributed by atoms with van der Waals surface area (Å²) < 4.78 is 0.775. The van der Waals surface area contributed by atoms with E-state index in [0.29, 0.717) is 5.69 Å². The third kappa shape index (κ3) is 4.53. The van der Waals surface area contributed by atoms with E-state index in [4.69, 9.17) is 0 Å². The molecule has 2 aromatic rings. The summed E-state index contributed by atoms with van der Waals surface area (Å²) >= 11 is 3.39. The Morgan fingerprint density at radius 1 is 1.08 bits per heavy atom. The lowest BCUT2D eigenvalue weighted by Crippen LogP contribution is -2.29. The van der Waals surface area contributed by atoms with Gasteiger partial charge in [-0.05, 0) is 71.1 Å². The Morgan fingerprint density at radius 2 is 1.77 bits per heavy atom. The van der Waals surface area contributed by atoms with Gasteiger partial charge in [-0.1, -0.05) is 24.3 Å². The van der Waals surface area contributed by atoms with E-state index in [-0.39, 0.29) is 5.57 Å². The highest BCUT2D eigenvalue weighted by atomic mass is 79.9. The summed E-state index contributed by atoms with van der Waals surface area (Å²) in [5, 5.41) is 12.1. The first kappa shape index (κ1) is 18.2. The lowest BCUT2D eigenvalue weighted by Gasteiger charge is -2.28. The second-order valence-corrected chi connectivity index (χ2v) is 7.10. The van der Waals surface area contributed by atoms with E-state index >= 15 is 0 Å². The van der Waals surface area contributed by atoms with Gasteiger partial charge in [0.2, 0.25) is 0 Å². The first-order valence-corrected chi connectivity index (χ1v) is 9.49. The summed E-state index contributed by atoms with van der Waals surface area (Å²) in [6.45, 7) is 2.18. The molecule has 0 aromatic heterocycles. The molecule has 2 aromatic carbocycles. The minimum Gasteiger partial charge on any atom is -0.372 e. The lowest BCUT2D eigenvalue weighted by atomic mass is 10.1. The monoisotopic (exact) mass is 409 g/mol. The van der Waals surface area contributed by atoms with Crippen LogP contribution in [0.3, 0.4) is 0 Å².